The number of amides is 1. The third-order valence-corrected chi connectivity index (χ3v) is 4.48. The maximum atomic E-state index is 12.5. The number of fused-ring (bicyclic) bond motifs is 1. The molecule has 0 saturated carbocycles. The smallest absolute Gasteiger partial charge is 0.410 e. The SMILES string of the molecule is CC(C)(C)OC(=O)N1CCC2(CC1)CC(=O)c1c(O)cc(O)cc1O2. The van der Waals surface area contributed by atoms with E-state index in [1.54, 1.807) is 4.90 Å². The van der Waals surface area contributed by atoms with Crippen molar-refractivity contribution in [1.29, 1.82) is 0 Å². The standard InChI is InChI=1S/C18H23NO6/c1-17(2,3)25-16(23)19-6-4-18(5-7-19)10-13(22)15-12(21)8-11(20)9-14(15)24-18/h8-9,20-21H,4-7,10H2,1-3H3. The van der Waals surface area contributed by atoms with E-state index >= 15 is 0 Å². The summed E-state index contributed by atoms with van der Waals surface area (Å²) in [7, 11) is 0. The Balaban J connectivity index is 1.74. The van der Waals surface area contributed by atoms with Gasteiger partial charge in [-0.3, -0.25) is 4.79 Å². The highest BCUT2D eigenvalue weighted by molar-refractivity contribution is 6.03. The highest BCUT2D eigenvalue weighted by atomic mass is 16.6. The van der Waals surface area contributed by atoms with Gasteiger partial charge in [0.25, 0.3) is 0 Å². The lowest BCUT2D eigenvalue weighted by Crippen LogP contribution is -2.52. The lowest BCUT2D eigenvalue weighted by Gasteiger charge is -2.44. The average Bonchev–Trinajstić information content (AvgIpc) is 2.44. The predicted molar refractivity (Wildman–Crippen MR) is 89.1 cm³/mol. The van der Waals surface area contributed by atoms with E-state index in [-0.39, 0.29) is 41.1 Å². The van der Waals surface area contributed by atoms with Gasteiger partial charge in [-0.25, -0.2) is 4.79 Å². The number of aromatic hydroxyl groups is 2. The van der Waals surface area contributed by atoms with Gasteiger partial charge in [-0.2, -0.15) is 0 Å². The van der Waals surface area contributed by atoms with Gasteiger partial charge in [-0.1, -0.05) is 0 Å². The van der Waals surface area contributed by atoms with E-state index in [9.17, 15) is 19.8 Å². The Morgan fingerprint density at radius 1 is 1.24 bits per heavy atom. The number of rotatable bonds is 0. The van der Waals surface area contributed by atoms with Crippen LogP contribution in [0, 0.1) is 0 Å². The number of ether oxygens (including phenoxy) is 2. The topological polar surface area (TPSA) is 96.3 Å². The third-order valence-electron chi connectivity index (χ3n) is 4.48. The molecule has 2 aliphatic rings. The fourth-order valence-electron chi connectivity index (χ4n) is 3.30. The quantitative estimate of drug-likeness (QED) is 0.748. The minimum Gasteiger partial charge on any atom is -0.508 e. The molecule has 1 amide bonds. The van der Waals surface area contributed by atoms with Crippen LogP contribution in [0.15, 0.2) is 12.1 Å². The lowest BCUT2D eigenvalue weighted by molar-refractivity contribution is -0.0228. The fraction of sp³-hybridized carbons (Fsp3) is 0.556. The molecule has 1 aromatic carbocycles. The van der Waals surface area contributed by atoms with Crippen LogP contribution < -0.4 is 4.74 Å². The van der Waals surface area contributed by atoms with E-state index in [0.29, 0.717) is 25.9 Å². The molecule has 7 nitrogen and oxygen atoms in total. The number of benzene rings is 1. The Morgan fingerprint density at radius 2 is 1.88 bits per heavy atom. The summed E-state index contributed by atoms with van der Waals surface area (Å²) < 4.78 is 11.4. The van der Waals surface area contributed by atoms with Crippen molar-refractivity contribution >= 4 is 11.9 Å². The van der Waals surface area contributed by atoms with Gasteiger partial charge in [0.1, 0.15) is 34.0 Å². The molecule has 136 valence electrons. The summed E-state index contributed by atoms with van der Waals surface area (Å²) in [5.41, 5.74) is -1.17. The number of carbonyl (C=O) groups excluding carboxylic acids is 2. The number of hydrogen-bond donors (Lipinski definition) is 2. The molecule has 0 bridgehead atoms. The monoisotopic (exact) mass is 349 g/mol. The summed E-state index contributed by atoms with van der Waals surface area (Å²) in [5, 5.41) is 19.5. The molecule has 0 radical (unpaired) electrons. The molecule has 7 heteroatoms. The number of carbonyl (C=O) groups is 2. The first-order chi connectivity index (χ1) is 11.6. The zero-order chi connectivity index (χ0) is 18.4. The number of Topliss-reactive ketones (excluding diaryl/α,β-unsaturated/α-hetero) is 1. The van der Waals surface area contributed by atoms with Crippen LogP contribution in [0.4, 0.5) is 4.79 Å². The summed E-state index contributed by atoms with van der Waals surface area (Å²) in [6, 6.07) is 2.47. The van der Waals surface area contributed by atoms with E-state index < -0.39 is 11.2 Å². The summed E-state index contributed by atoms with van der Waals surface area (Å²) in [6.07, 6.45) is 0.725. The number of piperidine rings is 1. The molecule has 0 aliphatic carbocycles. The second-order valence-electron chi connectivity index (χ2n) is 7.69. The maximum absolute atomic E-state index is 12.5. The van der Waals surface area contributed by atoms with Crippen molar-refractivity contribution in [3.05, 3.63) is 17.7 Å². The first-order valence-corrected chi connectivity index (χ1v) is 8.35. The number of phenolic OH excluding ortho intramolecular Hbond substituents is 2. The largest absolute Gasteiger partial charge is 0.508 e. The van der Waals surface area contributed by atoms with Gasteiger partial charge in [0.15, 0.2) is 5.78 Å². The van der Waals surface area contributed by atoms with Crippen LogP contribution in [0.25, 0.3) is 0 Å². The molecule has 3 rings (SSSR count). The predicted octanol–water partition coefficient (Wildman–Crippen LogP) is 2.83. The molecule has 2 N–H and O–H groups in total. The molecule has 0 aromatic heterocycles. The van der Waals surface area contributed by atoms with Gasteiger partial charge in [0.2, 0.25) is 0 Å². The van der Waals surface area contributed by atoms with Crippen LogP contribution in [0.5, 0.6) is 17.2 Å². The minimum absolute atomic E-state index is 0.109. The number of ketones is 1. The molecule has 25 heavy (non-hydrogen) atoms. The van der Waals surface area contributed by atoms with Crippen molar-refractivity contribution in [2.75, 3.05) is 13.1 Å². The zero-order valence-corrected chi connectivity index (χ0v) is 14.7. The first-order valence-electron chi connectivity index (χ1n) is 8.35. The Hall–Kier alpha value is -2.44. The molecule has 1 fully saturated rings. The minimum atomic E-state index is -0.719. The van der Waals surface area contributed by atoms with Crippen LogP contribution >= 0.6 is 0 Å². The van der Waals surface area contributed by atoms with Crippen molar-refractivity contribution in [3.8, 4) is 17.2 Å². The lowest BCUT2D eigenvalue weighted by atomic mass is 9.82. The highest BCUT2D eigenvalue weighted by Crippen LogP contribution is 2.44. The van der Waals surface area contributed by atoms with Crippen LogP contribution in [-0.4, -0.2) is 51.3 Å². The zero-order valence-electron chi connectivity index (χ0n) is 14.7. The molecular formula is C18H23NO6. The molecule has 0 atom stereocenters. The Bertz CT molecular complexity index is 713. The fourth-order valence-corrected chi connectivity index (χ4v) is 3.30. The second kappa shape index (κ2) is 5.82. The average molecular weight is 349 g/mol. The van der Waals surface area contributed by atoms with Gasteiger partial charge < -0.3 is 24.6 Å². The van der Waals surface area contributed by atoms with Gasteiger partial charge in [-0.15, -0.1) is 0 Å². The van der Waals surface area contributed by atoms with Crippen molar-refractivity contribution in [2.24, 2.45) is 0 Å². The Morgan fingerprint density at radius 3 is 2.48 bits per heavy atom. The summed E-state index contributed by atoms with van der Waals surface area (Å²) in [5.74, 6) is -0.461. The molecule has 1 saturated heterocycles. The Labute approximate surface area is 146 Å². The summed E-state index contributed by atoms with van der Waals surface area (Å²) in [4.78, 5) is 26.2. The van der Waals surface area contributed by atoms with Crippen molar-refractivity contribution < 1.29 is 29.3 Å². The molecular weight excluding hydrogens is 326 g/mol. The van der Waals surface area contributed by atoms with Crippen LogP contribution in [-0.2, 0) is 4.74 Å². The first kappa shape index (κ1) is 17.4. The number of nitrogens with zero attached hydrogens (tertiary/aromatic N) is 1. The van der Waals surface area contributed by atoms with Crippen molar-refractivity contribution in [2.45, 2.75) is 51.2 Å². The van der Waals surface area contributed by atoms with E-state index in [1.165, 1.54) is 6.07 Å². The molecule has 2 aliphatic heterocycles. The van der Waals surface area contributed by atoms with E-state index in [1.807, 2.05) is 20.8 Å². The molecule has 1 spiro atoms. The van der Waals surface area contributed by atoms with Gasteiger partial charge in [0.05, 0.1) is 6.42 Å². The summed E-state index contributed by atoms with van der Waals surface area (Å²) in [6.45, 7) is 6.28. The number of likely N-dealkylation sites (tertiary alicyclic amines) is 1. The number of phenols is 2. The van der Waals surface area contributed by atoms with Crippen molar-refractivity contribution in [3.63, 3.8) is 0 Å². The molecule has 1 aromatic rings. The van der Waals surface area contributed by atoms with Gasteiger partial charge in [0, 0.05) is 38.1 Å². The van der Waals surface area contributed by atoms with E-state index in [0.717, 1.165) is 6.07 Å². The third kappa shape index (κ3) is 3.50. The van der Waals surface area contributed by atoms with Crippen LogP contribution in [0.1, 0.15) is 50.4 Å². The maximum Gasteiger partial charge on any atom is 0.410 e. The number of hydrogen-bond acceptors (Lipinski definition) is 6. The summed E-state index contributed by atoms with van der Waals surface area (Å²) >= 11 is 0. The van der Waals surface area contributed by atoms with Crippen molar-refractivity contribution in [1.82, 2.24) is 4.90 Å². The van der Waals surface area contributed by atoms with Crippen LogP contribution in [0.2, 0.25) is 0 Å². The second-order valence-corrected chi connectivity index (χ2v) is 7.69. The van der Waals surface area contributed by atoms with Gasteiger partial charge in [-0.05, 0) is 20.8 Å². The van der Waals surface area contributed by atoms with E-state index in [2.05, 4.69) is 0 Å². The molecule has 0 unspecified atom stereocenters. The Kier molecular flexibility index (Phi) is 4.05. The van der Waals surface area contributed by atoms with Crippen LogP contribution in [0.3, 0.4) is 0 Å². The van der Waals surface area contributed by atoms with Gasteiger partial charge >= 0.3 is 6.09 Å². The van der Waals surface area contributed by atoms with E-state index in [4.69, 9.17) is 9.47 Å². The highest BCUT2D eigenvalue weighted by Gasteiger charge is 2.45. The normalized spacial score (nSPS) is 19.3. The molecule has 2 heterocycles.